The molecule has 1 saturated carbocycles. The van der Waals surface area contributed by atoms with Crippen molar-refractivity contribution in [2.75, 3.05) is 6.61 Å². The number of ether oxygens (including phenoxy) is 1. The average Bonchev–Trinajstić information content (AvgIpc) is 2.85. The van der Waals surface area contributed by atoms with Gasteiger partial charge < -0.3 is 4.74 Å². The van der Waals surface area contributed by atoms with Gasteiger partial charge in [0.25, 0.3) is 0 Å². The van der Waals surface area contributed by atoms with Gasteiger partial charge in [-0.05, 0) is 30.2 Å². The number of fused-ring (bicyclic) bond motifs is 1. The Balaban J connectivity index is 2.04. The van der Waals surface area contributed by atoms with E-state index in [0.29, 0.717) is 10.2 Å². The molecule has 2 aliphatic rings. The number of hydrogen-bond donors (Lipinski definition) is 0. The molecule has 1 aliphatic heterocycles. The SMILES string of the molecule is CC1(c2cccc3c2OCC3)CCC(Br)C1. The van der Waals surface area contributed by atoms with E-state index in [0.717, 1.165) is 13.0 Å². The lowest BCUT2D eigenvalue weighted by Crippen LogP contribution is -2.18. The van der Waals surface area contributed by atoms with Crippen LogP contribution in [-0.2, 0) is 11.8 Å². The fraction of sp³-hybridized carbons (Fsp3) is 0.571. The molecule has 0 amide bonds. The van der Waals surface area contributed by atoms with Crippen molar-refractivity contribution in [3.63, 3.8) is 0 Å². The zero-order valence-electron chi connectivity index (χ0n) is 9.63. The van der Waals surface area contributed by atoms with Crippen molar-refractivity contribution >= 4 is 15.9 Å². The van der Waals surface area contributed by atoms with Crippen LogP contribution in [0.4, 0.5) is 0 Å². The van der Waals surface area contributed by atoms with Gasteiger partial charge in [0.2, 0.25) is 0 Å². The van der Waals surface area contributed by atoms with Crippen molar-refractivity contribution in [1.82, 2.24) is 0 Å². The van der Waals surface area contributed by atoms with Gasteiger partial charge in [0.15, 0.2) is 0 Å². The first-order valence-corrected chi connectivity index (χ1v) is 7.00. The highest BCUT2D eigenvalue weighted by Crippen LogP contribution is 2.48. The van der Waals surface area contributed by atoms with Gasteiger partial charge in [-0.15, -0.1) is 0 Å². The summed E-state index contributed by atoms with van der Waals surface area (Å²) in [6, 6.07) is 6.65. The lowest BCUT2D eigenvalue weighted by Gasteiger charge is -2.26. The van der Waals surface area contributed by atoms with E-state index in [2.05, 4.69) is 41.1 Å². The maximum Gasteiger partial charge on any atom is 0.126 e. The molecule has 2 atom stereocenters. The third-order valence-electron chi connectivity index (χ3n) is 4.05. The summed E-state index contributed by atoms with van der Waals surface area (Å²) in [5, 5.41) is 0. The van der Waals surface area contributed by atoms with E-state index >= 15 is 0 Å². The number of hydrogen-bond acceptors (Lipinski definition) is 1. The molecule has 1 aromatic carbocycles. The molecule has 1 fully saturated rings. The first-order chi connectivity index (χ1) is 7.69. The number of alkyl halides is 1. The van der Waals surface area contributed by atoms with Gasteiger partial charge in [-0.3, -0.25) is 0 Å². The molecule has 1 nitrogen and oxygen atoms in total. The van der Waals surface area contributed by atoms with Crippen LogP contribution in [0, 0.1) is 0 Å². The molecular formula is C14H17BrO. The van der Waals surface area contributed by atoms with Gasteiger partial charge in [-0.2, -0.15) is 0 Å². The van der Waals surface area contributed by atoms with Gasteiger partial charge in [0.05, 0.1) is 6.61 Å². The fourth-order valence-corrected chi connectivity index (χ4v) is 4.05. The molecule has 1 aromatic rings. The highest BCUT2D eigenvalue weighted by Gasteiger charge is 2.38. The molecule has 0 bridgehead atoms. The fourth-order valence-electron chi connectivity index (χ4n) is 3.10. The van der Waals surface area contributed by atoms with Crippen LogP contribution in [0.15, 0.2) is 18.2 Å². The molecule has 1 aliphatic carbocycles. The predicted octanol–water partition coefficient (Wildman–Crippen LogP) is 3.83. The molecule has 2 heteroatoms. The lowest BCUT2D eigenvalue weighted by molar-refractivity contribution is 0.342. The average molecular weight is 281 g/mol. The summed E-state index contributed by atoms with van der Waals surface area (Å²) < 4.78 is 5.83. The van der Waals surface area contributed by atoms with E-state index in [1.807, 2.05) is 0 Å². The van der Waals surface area contributed by atoms with Crippen LogP contribution in [0.1, 0.15) is 37.3 Å². The van der Waals surface area contributed by atoms with Gasteiger partial charge in [0.1, 0.15) is 5.75 Å². The molecule has 0 aromatic heterocycles. The summed E-state index contributed by atoms with van der Waals surface area (Å²) in [4.78, 5) is 0.676. The van der Waals surface area contributed by atoms with Crippen molar-refractivity contribution in [1.29, 1.82) is 0 Å². The molecular weight excluding hydrogens is 264 g/mol. The quantitative estimate of drug-likeness (QED) is 0.711. The van der Waals surface area contributed by atoms with Crippen LogP contribution in [0.3, 0.4) is 0 Å². The van der Waals surface area contributed by atoms with E-state index in [9.17, 15) is 0 Å². The Morgan fingerprint density at radius 3 is 3.06 bits per heavy atom. The van der Waals surface area contributed by atoms with Crippen LogP contribution in [0.2, 0.25) is 0 Å². The third-order valence-corrected chi connectivity index (χ3v) is 4.83. The van der Waals surface area contributed by atoms with E-state index in [1.54, 1.807) is 0 Å². The maximum atomic E-state index is 5.83. The standard InChI is InChI=1S/C14H17BrO/c1-14(7-5-11(15)9-14)12-4-2-3-10-6-8-16-13(10)12/h2-4,11H,5-9H2,1H3. The molecule has 86 valence electrons. The third kappa shape index (κ3) is 1.58. The normalized spacial score (nSPS) is 32.5. The zero-order valence-corrected chi connectivity index (χ0v) is 11.2. The highest BCUT2D eigenvalue weighted by atomic mass is 79.9. The second kappa shape index (κ2) is 3.76. The maximum absolute atomic E-state index is 5.83. The van der Waals surface area contributed by atoms with Crippen molar-refractivity contribution in [2.45, 2.75) is 42.8 Å². The first kappa shape index (κ1) is 10.6. The van der Waals surface area contributed by atoms with E-state index in [1.165, 1.54) is 36.1 Å². The molecule has 0 N–H and O–H groups in total. The van der Waals surface area contributed by atoms with Crippen LogP contribution < -0.4 is 4.74 Å². The Kier molecular flexibility index (Phi) is 2.50. The molecule has 0 saturated heterocycles. The Labute approximate surface area is 105 Å². The van der Waals surface area contributed by atoms with Crippen LogP contribution in [0.5, 0.6) is 5.75 Å². The summed E-state index contributed by atoms with van der Waals surface area (Å²) in [7, 11) is 0. The topological polar surface area (TPSA) is 9.23 Å². The summed E-state index contributed by atoms with van der Waals surface area (Å²) in [6.45, 7) is 3.24. The summed E-state index contributed by atoms with van der Waals surface area (Å²) >= 11 is 3.75. The summed E-state index contributed by atoms with van der Waals surface area (Å²) in [6.07, 6.45) is 4.85. The summed E-state index contributed by atoms with van der Waals surface area (Å²) in [5.41, 5.74) is 3.14. The number of halogens is 1. The number of para-hydroxylation sites is 1. The minimum Gasteiger partial charge on any atom is -0.493 e. The van der Waals surface area contributed by atoms with Crippen molar-refractivity contribution in [2.24, 2.45) is 0 Å². The lowest BCUT2D eigenvalue weighted by atomic mass is 9.80. The van der Waals surface area contributed by atoms with Crippen molar-refractivity contribution in [3.05, 3.63) is 29.3 Å². The number of benzene rings is 1. The molecule has 3 rings (SSSR count). The monoisotopic (exact) mass is 280 g/mol. The second-order valence-electron chi connectivity index (χ2n) is 5.29. The van der Waals surface area contributed by atoms with Gasteiger partial charge in [0, 0.05) is 16.8 Å². The zero-order chi connectivity index (χ0) is 11.2. The minimum absolute atomic E-state index is 0.309. The van der Waals surface area contributed by atoms with Crippen LogP contribution >= 0.6 is 15.9 Å². The van der Waals surface area contributed by atoms with Crippen LogP contribution in [-0.4, -0.2) is 11.4 Å². The predicted molar refractivity (Wildman–Crippen MR) is 69.6 cm³/mol. The number of rotatable bonds is 1. The Morgan fingerprint density at radius 2 is 2.31 bits per heavy atom. The molecule has 2 unspecified atom stereocenters. The van der Waals surface area contributed by atoms with Crippen molar-refractivity contribution in [3.8, 4) is 5.75 Å². The van der Waals surface area contributed by atoms with Crippen LogP contribution in [0.25, 0.3) is 0 Å². The molecule has 16 heavy (non-hydrogen) atoms. The van der Waals surface area contributed by atoms with Gasteiger partial charge in [-0.25, -0.2) is 0 Å². The van der Waals surface area contributed by atoms with Crippen molar-refractivity contribution < 1.29 is 4.74 Å². The minimum atomic E-state index is 0.309. The second-order valence-corrected chi connectivity index (χ2v) is 6.59. The molecule has 1 heterocycles. The molecule has 0 spiro atoms. The Morgan fingerprint density at radius 1 is 1.44 bits per heavy atom. The van der Waals surface area contributed by atoms with E-state index in [-0.39, 0.29) is 0 Å². The first-order valence-electron chi connectivity index (χ1n) is 6.08. The summed E-state index contributed by atoms with van der Waals surface area (Å²) in [5.74, 6) is 1.19. The highest BCUT2D eigenvalue weighted by molar-refractivity contribution is 9.09. The van der Waals surface area contributed by atoms with E-state index in [4.69, 9.17) is 4.74 Å². The van der Waals surface area contributed by atoms with Gasteiger partial charge in [-0.1, -0.05) is 41.1 Å². The molecule has 0 radical (unpaired) electrons. The smallest absolute Gasteiger partial charge is 0.126 e. The van der Waals surface area contributed by atoms with Gasteiger partial charge >= 0.3 is 0 Å². The Bertz CT molecular complexity index is 415. The Hall–Kier alpha value is -0.500. The van der Waals surface area contributed by atoms with E-state index < -0.39 is 0 Å². The largest absolute Gasteiger partial charge is 0.493 e.